The summed E-state index contributed by atoms with van der Waals surface area (Å²) in [5.74, 6) is 0.880. The number of amides is 1. The Labute approximate surface area is 232 Å². The Bertz CT molecular complexity index is 912. The monoisotopic (exact) mass is 592 g/mol. The Morgan fingerprint density at radius 1 is 1.26 bits per heavy atom. The van der Waals surface area contributed by atoms with Gasteiger partial charge in [0, 0.05) is 37.3 Å². The van der Waals surface area contributed by atoms with E-state index in [1.54, 1.807) is 19.9 Å². The van der Waals surface area contributed by atoms with E-state index in [0.29, 0.717) is 0 Å². The molecule has 0 aliphatic carbocycles. The van der Waals surface area contributed by atoms with Gasteiger partial charge < -0.3 is 42.9 Å². The van der Waals surface area contributed by atoms with Gasteiger partial charge in [0.1, 0.15) is 18.3 Å². The molecule has 0 bridgehead atoms. The molecular weight excluding hydrogens is 550 g/mol. The zero-order chi connectivity index (χ0) is 29.2. The van der Waals surface area contributed by atoms with E-state index in [1.165, 1.54) is 30.1 Å². The van der Waals surface area contributed by atoms with Gasteiger partial charge in [-0.3, -0.25) is 9.36 Å². The van der Waals surface area contributed by atoms with Gasteiger partial charge in [0.25, 0.3) is 8.53 Å². The van der Waals surface area contributed by atoms with E-state index in [1.807, 2.05) is 27.7 Å². The summed E-state index contributed by atoms with van der Waals surface area (Å²) < 4.78 is 50.8. The number of nitriles is 1. The van der Waals surface area contributed by atoms with Crippen LogP contribution in [0.5, 0.6) is 0 Å². The standard InChI is InChI=1S/C24H42N4O9P2/c1-8-34-39(31,35-9-2)16-12-19-21(37-38(33-15-10-13-25)28(17(3)4)18(5)6)22(32-7)23(36-19)27-14-11-20(29)26-24(27)30/h11-12,14,16-19,21-24,30H,8-10,15H2,1-7H3,(H,26,29)/b16-12+/t19-,21?,22+,23-,24?,38?/m1/s1. The number of methoxy groups -OCH3 is 1. The molecule has 0 saturated carbocycles. The first kappa shape index (κ1) is 33.8. The van der Waals surface area contributed by atoms with Gasteiger partial charge in [0.2, 0.25) is 12.3 Å². The quantitative estimate of drug-likeness (QED) is 0.200. The maximum absolute atomic E-state index is 13.2. The third-order valence-electron chi connectivity index (χ3n) is 5.69. The molecule has 222 valence electrons. The maximum Gasteiger partial charge on any atom is 0.353 e. The molecule has 2 N–H and O–H groups in total. The highest BCUT2D eigenvalue weighted by atomic mass is 31.2. The number of ether oxygens (including phenoxy) is 2. The van der Waals surface area contributed by atoms with Gasteiger partial charge in [0.05, 0.1) is 32.3 Å². The fourth-order valence-corrected chi connectivity index (χ4v) is 7.31. The van der Waals surface area contributed by atoms with E-state index in [2.05, 4.69) is 16.1 Å². The van der Waals surface area contributed by atoms with Crippen LogP contribution in [0.4, 0.5) is 0 Å². The van der Waals surface area contributed by atoms with E-state index >= 15 is 0 Å². The molecule has 2 rings (SSSR count). The van der Waals surface area contributed by atoms with E-state index in [4.69, 9.17) is 32.8 Å². The summed E-state index contributed by atoms with van der Waals surface area (Å²) in [7, 11) is -3.79. The largest absolute Gasteiger partial charge is 0.374 e. The van der Waals surface area contributed by atoms with Crippen molar-refractivity contribution in [2.75, 3.05) is 26.9 Å². The molecule has 2 aliphatic rings. The van der Waals surface area contributed by atoms with Crippen LogP contribution in [0, 0.1) is 11.3 Å². The number of aliphatic hydroxyl groups is 1. The van der Waals surface area contributed by atoms with Crippen molar-refractivity contribution in [1.29, 1.82) is 5.26 Å². The van der Waals surface area contributed by atoms with Crippen LogP contribution < -0.4 is 5.32 Å². The second kappa shape index (κ2) is 16.1. The normalized spacial score (nSPS) is 26.7. The minimum absolute atomic E-state index is 0.0458. The van der Waals surface area contributed by atoms with Crippen LogP contribution >= 0.6 is 16.1 Å². The Hall–Kier alpha value is -1.42. The molecule has 6 atom stereocenters. The average Bonchev–Trinajstić information content (AvgIpc) is 3.19. The van der Waals surface area contributed by atoms with Crippen molar-refractivity contribution in [3.05, 3.63) is 24.2 Å². The number of carbonyl (C=O) groups is 1. The zero-order valence-electron chi connectivity index (χ0n) is 23.6. The summed E-state index contributed by atoms with van der Waals surface area (Å²) in [6.07, 6.45) is -0.295. The van der Waals surface area contributed by atoms with Crippen LogP contribution in [0.1, 0.15) is 48.0 Å². The van der Waals surface area contributed by atoms with Crippen LogP contribution in [-0.2, 0) is 36.9 Å². The molecule has 3 unspecified atom stereocenters. The lowest BCUT2D eigenvalue weighted by Gasteiger charge is -2.39. The molecule has 0 aromatic rings. The van der Waals surface area contributed by atoms with Crippen LogP contribution in [-0.4, -0.2) is 90.5 Å². The highest BCUT2D eigenvalue weighted by molar-refractivity contribution is 7.57. The Morgan fingerprint density at radius 3 is 2.41 bits per heavy atom. The Morgan fingerprint density at radius 2 is 1.90 bits per heavy atom. The summed E-state index contributed by atoms with van der Waals surface area (Å²) >= 11 is 0. The van der Waals surface area contributed by atoms with Crippen LogP contribution in [0.2, 0.25) is 0 Å². The van der Waals surface area contributed by atoms with Crippen molar-refractivity contribution in [2.24, 2.45) is 0 Å². The minimum Gasteiger partial charge on any atom is -0.374 e. The predicted octanol–water partition coefficient (Wildman–Crippen LogP) is 3.39. The number of rotatable bonds is 16. The first-order chi connectivity index (χ1) is 18.5. The number of carbonyl (C=O) groups excluding carboxylic acids is 1. The molecule has 1 amide bonds. The summed E-state index contributed by atoms with van der Waals surface area (Å²) in [6.45, 7) is 12.0. The lowest BCUT2D eigenvalue weighted by Crippen LogP contribution is -2.55. The summed E-state index contributed by atoms with van der Waals surface area (Å²) in [5.41, 5.74) is 0. The van der Waals surface area contributed by atoms with Crippen LogP contribution in [0.25, 0.3) is 0 Å². The first-order valence-corrected chi connectivity index (χ1v) is 15.7. The molecule has 15 heteroatoms. The molecule has 39 heavy (non-hydrogen) atoms. The highest BCUT2D eigenvalue weighted by Gasteiger charge is 2.51. The number of hydrogen-bond donors (Lipinski definition) is 2. The lowest BCUT2D eigenvalue weighted by atomic mass is 10.1. The molecule has 0 aromatic heterocycles. The molecular formula is C24H42N4O9P2. The van der Waals surface area contributed by atoms with Gasteiger partial charge in [-0.15, -0.1) is 0 Å². The zero-order valence-corrected chi connectivity index (χ0v) is 25.4. The molecule has 13 nitrogen and oxygen atoms in total. The molecule has 0 aromatic carbocycles. The first-order valence-electron chi connectivity index (χ1n) is 13.0. The second-order valence-corrected chi connectivity index (χ2v) is 12.5. The van der Waals surface area contributed by atoms with E-state index < -0.39 is 52.9 Å². The van der Waals surface area contributed by atoms with Gasteiger partial charge in [-0.2, -0.15) is 5.26 Å². The fraction of sp³-hybridized carbons (Fsp3) is 0.750. The van der Waals surface area contributed by atoms with E-state index in [0.717, 1.165) is 0 Å². The third-order valence-corrected chi connectivity index (χ3v) is 9.60. The van der Waals surface area contributed by atoms with Gasteiger partial charge in [-0.05, 0) is 47.6 Å². The van der Waals surface area contributed by atoms with Gasteiger partial charge in [-0.25, -0.2) is 4.67 Å². The Balaban J connectivity index is 2.49. The van der Waals surface area contributed by atoms with Gasteiger partial charge in [0.15, 0.2) is 6.23 Å². The molecule has 0 radical (unpaired) electrons. The molecule has 2 aliphatic heterocycles. The second-order valence-electron chi connectivity index (χ2n) is 9.17. The summed E-state index contributed by atoms with van der Waals surface area (Å²) in [5, 5.41) is 22.0. The van der Waals surface area contributed by atoms with E-state index in [9.17, 15) is 14.5 Å². The van der Waals surface area contributed by atoms with Crippen molar-refractivity contribution in [2.45, 2.75) is 90.9 Å². The minimum atomic E-state index is -3.57. The number of nitrogens with one attached hydrogen (secondary N) is 1. The van der Waals surface area contributed by atoms with Crippen molar-refractivity contribution >= 4 is 22.0 Å². The Kier molecular flexibility index (Phi) is 14.0. The smallest absolute Gasteiger partial charge is 0.353 e. The summed E-state index contributed by atoms with van der Waals surface area (Å²) in [4.78, 5) is 13.1. The van der Waals surface area contributed by atoms with Gasteiger partial charge in [-0.1, -0.05) is 0 Å². The lowest BCUT2D eigenvalue weighted by molar-refractivity contribution is -0.151. The van der Waals surface area contributed by atoms with Crippen molar-refractivity contribution in [3.8, 4) is 6.07 Å². The van der Waals surface area contributed by atoms with Crippen molar-refractivity contribution in [1.82, 2.24) is 14.9 Å². The third kappa shape index (κ3) is 9.30. The SMILES string of the molecule is CCOP(=O)(/C=C/[C@H]1O[C@@H](N2C=CC(=O)NC2O)[C@@H](OC)C1OP(OCCC#N)N(C(C)C)C(C)C)OCC. The van der Waals surface area contributed by atoms with Crippen LogP contribution in [0.3, 0.4) is 0 Å². The summed E-state index contributed by atoms with van der Waals surface area (Å²) in [6, 6.07) is 2.17. The van der Waals surface area contributed by atoms with Gasteiger partial charge >= 0.3 is 7.60 Å². The van der Waals surface area contributed by atoms with Crippen LogP contribution in [0.15, 0.2) is 24.2 Å². The van der Waals surface area contributed by atoms with Crippen molar-refractivity contribution < 1.29 is 42.0 Å². The van der Waals surface area contributed by atoms with Crippen molar-refractivity contribution in [3.63, 3.8) is 0 Å². The molecule has 1 saturated heterocycles. The number of nitrogens with zero attached hydrogens (tertiary/aromatic N) is 3. The number of aliphatic hydroxyl groups excluding tert-OH is 1. The molecule has 0 spiro atoms. The van der Waals surface area contributed by atoms with E-state index in [-0.39, 0.29) is 38.3 Å². The topological polar surface area (TPSA) is 152 Å². The fourth-order valence-electron chi connectivity index (χ4n) is 4.21. The molecule has 2 heterocycles. The number of hydrogen-bond acceptors (Lipinski definition) is 12. The highest BCUT2D eigenvalue weighted by Crippen LogP contribution is 2.52. The predicted molar refractivity (Wildman–Crippen MR) is 145 cm³/mol. The maximum atomic E-state index is 13.2. The molecule has 1 fully saturated rings. The average molecular weight is 593 g/mol.